The normalized spacial score (nSPS) is 11.7. The summed E-state index contributed by atoms with van der Waals surface area (Å²) >= 11 is 1.19. The molecule has 1 aliphatic rings. The van der Waals surface area contributed by atoms with E-state index in [2.05, 4.69) is 0 Å². The van der Waals surface area contributed by atoms with Gasteiger partial charge in [-0.05, 0) is 40.8 Å². The SMILES string of the molecule is COc1cc2c(cc1OCCCOc1cc3cc(C(=O)CCC(=O)O)sc3cc1O)CN(C(=O)CCC(=O)O)C2.[H-].[H-].[Na+].[Na+]. The number of benzene rings is 2. The van der Waals surface area contributed by atoms with E-state index in [4.69, 9.17) is 24.4 Å². The third-order valence-corrected chi connectivity index (χ3v) is 7.50. The van der Waals surface area contributed by atoms with Crippen LogP contribution in [0.25, 0.3) is 10.1 Å². The third kappa shape index (κ3) is 9.34. The van der Waals surface area contributed by atoms with Crippen LogP contribution in [0.3, 0.4) is 0 Å². The fraction of sp³-hybridized carbons (Fsp3) is 0.357. The van der Waals surface area contributed by atoms with E-state index in [9.17, 15) is 24.3 Å². The van der Waals surface area contributed by atoms with Gasteiger partial charge in [0.15, 0.2) is 28.8 Å². The summed E-state index contributed by atoms with van der Waals surface area (Å²) in [5, 5.41) is 28.7. The van der Waals surface area contributed by atoms with Crippen LogP contribution in [-0.4, -0.2) is 64.2 Å². The van der Waals surface area contributed by atoms with E-state index in [0.717, 1.165) is 11.1 Å². The topological polar surface area (TPSA) is 160 Å². The summed E-state index contributed by atoms with van der Waals surface area (Å²) in [6.07, 6.45) is -0.0982. The molecular formula is C28H31NNa2O10S. The number of rotatable bonds is 14. The fourth-order valence-electron chi connectivity index (χ4n) is 4.30. The average Bonchev–Trinajstić information content (AvgIpc) is 3.53. The fourth-order valence-corrected chi connectivity index (χ4v) is 5.35. The number of aromatic hydroxyl groups is 1. The molecule has 14 heteroatoms. The van der Waals surface area contributed by atoms with Crippen LogP contribution in [0.1, 0.15) is 55.8 Å². The van der Waals surface area contributed by atoms with Gasteiger partial charge in [-0.25, -0.2) is 0 Å². The summed E-state index contributed by atoms with van der Waals surface area (Å²) in [6.45, 7) is 1.29. The van der Waals surface area contributed by atoms with Gasteiger partial charge in [0, 0.05) is 43.1 Å². The molecule has 216 valence electrons. The van der Waals surface area contributed by atoms with Crippen molar-refractivity contribution in [2.24, 2.45) is 0 Å². The first-order valence-electron chi connectivity index (χ1n) is 12.6. The quantitative estimate of drug-likeness (QED) is 0.110. The Hall–Kier alpha value is -2.32. The second kappa shape index (κ2) is 16.5. The van der Waals surface area contributed by atoms with Gasteiger partial charge in [0.2, 0.25) is 5.91 Å². The number of Topliss-reactive ketones (excluding diaryl/α,β-unsaturated/α-hetero) is 1. The van der Waals surface area contributed by atoms with Crippen LogP contribution in [0, 0.1) is 0 Å². The number of hydrogen-bond acceptors (Lipinski definition) is 9. The molecule has 1 amide bonds. The van der Waals surface area contributed by atoms with E-state index in [1.54, 1.807) is 17.0 Å². The second-order valence-electron chi connectivity index (χ2n) is 9.25. The molecule has 3 aromatic rings. The van der Waals surface area contributed by atoms with Gasteiger partial charge in [-0.15, -0.1) is 11.3 Å². The summed E-state index contributed by atoms with van der Waals surface area (Å²) in [5.41, 5.74) is 1.83. The molecule has 1 aromatic heterocycles. The number of ketones is 1. The zero-order valence-electron chi connectivity index (χ0n) is 25.8. The smallest absolute Gasteiger partial charge is 1.00 e. The zero-order valence-corrected chi connectivity index (χ0v) is 28.6. The van der Waals surface area contributed by atoms with Gasteiger partial charge in [-0.2, -0.15) is 0 Å². The number of thiophene rings is 1. The molecule has 4 rings (SSSR count). The summed E-state index contributed by atoms with van der Waals surface area (Å²) in [5.74, 6) is -1.29. The summed E-state index contributed by atoms with van der Waals surface area (Å²) < 4.78 is 17.8. The molecule has 2 heterocycles. The number of nitrogens with zero attached hydrogens (tertiary/aromatic N) is 1. The first-order chi connectivity index (χ1) is 19.1. The van der Waals surface area contributed by atoms with Gasteiger partial charge in [0.05, 0.1) is 38.0 Å². The van der Waals surface area contributed by atoms with E-state index < -0.39 is 11.9 Å². The standard InChI is InChI=1S/C28H29NO10S.2Na.2H/c1-37-22-10-17-14-29(26(32)4-6-28(35)36)15-18(17)11-23(22)39-8-2-7-38-21-9-16-12-25(19(30)3-5-27(33)34)40-24(16)13-20(21)31;;;;/h9-13,31H,2-8,14-15H2,1H3,(H,33,34)(H,35,36);;;;/q;2*+1;2*-1. The van der Waals surface area contributed by atoms with Gasteiger partial charge in [0.1, 0.15) is 0 Å². The van der Waals surface area contributed by atoms with Crippen molar-refractivity contribution in [3.8, 4) is 23.0 Å². The van der Waals surface area contributed by atoms with Crippen molar-refractivity contribution in [1.29, 1.82) is 0 Å². The van der Waals surface area contributed by atoms with Crippen LogP contribution >= 0.6 is 11.3 Å². The van der Waals surface area contributed by atoms with Crippen molar-refractivity contribution in [2.45, 2.75) is 45.2 Å². The molecule has 0 aliphatic carbocycles. The second-order valence-corrected chi connectivity index (χ2v) is 10.3. The molecule has 11 nitrogen and oxygen atoms in total. The van der Waals surface area contributed by atoms with E-state index in [1.165, 1.54) is 24.5 Å². The Morgan fingerprint density at radius 1 is 0.833 bits per heavy atom. The summed E-state index contributed by atoms with van der Waals surface area (Å²) in [7, 11) is 1.52. The van der Waals surface area contributed by atoms with E-state index >= 15 is 0 Å². The van der Waals surface area contributed by atoms with E-state index in [1.807, 2.05) is 12.1 Å². The molecule has 2 aromatic carbocycles. The molecule has 0 bridgehead atoms. The molecule has 0 saturated heterocycles. The molecular weight excluding hydrogens is 588 g/mol. The average molecular weight is 620 g/mol. The van der Waals surface area contributed by atoms with E-state index in [-0.39, 0.29) is 117 Å². The Balaban J connectivity index is 0.00000462. The molecule has 42 heavy (non-hydrogen) atoms. The predicted molar refractivity (Wildman–Crippen MR) is 147 cm³/mol. The first-order valence-corrected chi connectivity index (χ1v) is 13.4. The molecule has 0 atom stereocenters. The van der Waals surface area contributed by atoms with Crippen molar-refractivity contribution in [1.82, 2.24) is 4.90 Å². The Morgan fingerprint density at radius 2 is 1.43 bits per heavy atom. The minimum absolute atomic E-state index is 0. The van der Waals surface area contributed by atoms with Gasteiger partial charge in [-0.1, -0.05) is 0 Å². The van der Waals surface area contributed by atoms with Gasteiger partial charge in [-0.3, -0.25) is 19.2 Å². The number of hydrogen-bond donors (Lipinski definition) is 3. The number of amides is 1. The van der Waals surface area contributed by atoms with Gasteiger partial charge >= 0.3 is 71.1 Å². The van der Waals surface area contributed by atoms with Gasteiger partial charge < -0.3 is 37.3 Å². The number of aliphatic carboxylic acids is 2. The number of phenols is 1. The Bertz CT molecular complexity index is 1470. The molecule has 3 N–H and O–H groups in total. The van der Waals surface area contributed by atoms with Crippen molar-refractivity contribution in [2.75, 3.05) is 20.3 Å². The van der Waals surface area contributed by atoms with Crippen LogP contribution < -0.4 is 73.3 Å². The maximum atomic E-state index is 12.3. The number of phenolic OH excluding ortho intramolecular Hbond substituents is 1. The predicted octanol–water partition coefficient (Wildman–Crippen LogP) is -1.55. The van der Waals surface area contributed by atoms with Crippen molar-refractivity contribution in [3.63, 3.8) is 0 Å². The number of fused-ring (bicyclic) bond motifs is 2. The third-order valence-electron chi connectivity index (χ3n) is 6.36. The maximum Gasteiger partial charge on any atom is 1.00 e. The number of ether oxygens (including phenoxy) is 3. The number of carboxylic acid groups (broad SMARTS) is 2. The van der Waals surface area contributed by atoms with Gasteiger partial charge in [0.25, 0.3) is 0 Å². The largest absolute Gasteiger partial charge is 1.00 e. The van der Waals surface area contributed by atoms with Crippen LogP contribution in [0.4, 0.5) is 0 Å². The molecule has 0 saturated carbocycles. The van der Waals surface area contributed by atoms with Crippen LogP contribution in [-0.2, 0) is 27.5 Å². The van der Waals surface area contributed by atoms with Crippen molar-refractivity contribution >= 4 is 45.1 Å². The van der Waals surface area contributed by atoms with Crippen LogP contribution in [0.5, 0.6) is 23.0 Å². The molecule has 0 fully saturated rings. The zero-order chi connectivity index (χ0) is 28.8. The van der Waals surface area contributed by atoms with Crippen LogP contribution in [0.15, 0.2) is 30.3 Å². The first kappa shape index (κ1) is 35.9. The number of carbonyl (C=O) groups is 4. The Kier molecular flexibility index (Phi) is 14.1. The molecule has 0 unspecified atom stereocenters. The summed E-state index contributed by atoms with van der Waals surface area (Å²) in [4.78, 5) is 48.1. The van der Waals surface area contributed by atoms with Crippen molar-refractivity contribution in [3.05, 3.63) is 46.3 Å². The molecule has 0 spiro atoms. The molecule has 0 radical (unpaired) electrons. The maximum absolute atomic E-state index is 12.3. The monoisotopic (exact) mass is 619 g/mol. The minimum Gasteiger partial charge on any atom is -1.00 e. The Labute approximate surface area is 293 Å². The minimum atomic E-state index is -1.03. The van der Waals surface area contributed by atoms with E-state index in [0.29, 0.717) is 52.6 Å². The Morgan fingerprint density at radius 3 is 2.05 bits per heavy atom. The molecule has 1 aliphatic heterocycles. The number of carboxylic acids is 2. The summed E-state index contributed by atoms with van der Waals surface area (Å²) in [6, 6.07) is 8.47. The van der Waals surface area contributed by atoms with Crippen molar-refractivity contribution < 1.29 is 111 Å². The number of methoxy groups -OCH3 is 1. The number of carbonyl (C=O) groups excluding carboxylic acids is 2. The van der Waals surface area contributed by atoms with Crippen LogP contribution in [0.2, 0.25) is 0 Å².